The average molecular weight is 462 g/mol. The molecule has 2 heterocycles. The maximum absolute atomic E-state index is 12.7. The molecule has 2 aromatic rings. The minimum atomic E-state index is 0.119. The van der Waals surface area contributed by atoms with Crippen LogP contribution in [0, 0.1) is 0 Å². The van der Waals surface area contributed by atoms with E-state index in [1.165, 1.54) is 57.1 Å². The van der Waals surface area contributed by atoms with E-state index in [2.05, 4.69) is 59.6 Å². The Morgan fingerprint density at radius 3 is 2.41 bits per heavy atom. The fourth-order valence-electron chi connectivity index (χ4n) is 6.37. The van der Waals surface area contributed by atoms with E-state index in [0.717, 1.165) is 30.8 Å². The van der Waals surface area contributed by atoms with Gasteiger partial charge in [-0.3, -0.25) is 9.69 Å². The van der Waals surface area contributed by atoms with Gasteiger partial charge in [0, 0.05) is 42.0 Å². The molecule has 4 nitrogen and oxygen atoms in total. The molecule has 0 radical (unpaired) electrons. The number of unbranched alkanes of at least 4 members (excludes halogenated alkanes) is 3. The Morgan fingerprint density at radius 1 is 1.00 bits per heavy atom. The molecule has 3 atom stereocenters. The number of rotatable bonds is 11. The molecule has 2 fully saturated rings. The summed E-state index contributed by atoms with van der Waals surface area (Å²) in [4.78, 5) is 17.4. The summed E-state index contributed by atoms with van der Waals surface area (Å²) in [5, 5.41) is 3.84. The summed E-state index contributed by atoms with van der Waals surface area (Å²) < 4.78 is 0. The van der Waals surface area contributed by atoms with Gasteiger partial charge in [0.15, 0.2) is 0 Å². The van der Waals surface area contributed by atoms with Gasteiger partial charge in [-0.2, -0.15) is 0 Å². The number of benzene rings is 2. The van der Waals surface area contributed by atoms with Gasteiger partial charge in [-0.1, -0.05) is 56.5 Å². The highest BCUT2D eigenvalue weighted by Crippen LogP contribution is 2.51. The molecular formula is C30H43N3O. The SMILES string of the molecule is CCCCCCN1C2CCC1(c1ccccc1)CC(Nc1ccc(C(=O)N(CC)CC)cc1)C2. The second-order valence-corrected chi connectivity index (χ2v) is 10.2. The molecule has 184 valence electrons. The topological polar surface area (TPSA) is 35.6 Å². The van der Waals surface area contributed by atoms with Crippen LogP contribution < -0.4 is 5.32 Å². The Hall–Kier alpha value is -2.33. The van der Waals surface area contributed by atoms with E-state index in [4.69, 9.17) is 0 Å². The molecule has 0 aromatic heterocycles. The highest BCUT2D eigenvalue weighted by molar-refractivity contribution is 5.94. The van der Waals surface area contributed by atoms with Gasteiger partial charge in [-0.05, 0) is 82.3 Å². The van der Waals surface area contributed by atoms with Crippen LogP contribution in [-0.4, -0.2) is 47.4 Å². The standard InChI is InChI=1S/C30H43N3O/c1-4-7-8-12-21-33-28-19-20-30(33,25-13-10-9-11-14-25)23-27(22-28)31-26-17-15-24(16-18-26)29(34)32(5-2)6-3/h9-11,13-18,27-28,31H,4-8,12,19-23H2,1-3H3. The summed E-state index contributed by atoms with van der Waals surface area (Å²) >= 11 is 0. The quantitative estimate of drug-likeness (QED) is 0.379. The molecule has 2 bridgehead atoms. The summed E-state index contributed by atoms with van der Waals surface area (Å²) in [6, 6.07) is 20.5. The van der Waals surface area contributed by atoms with E-state index in [0.29, 0.717) is 12.1 Å². The summed E-state index contributed by atoms with van der Waals surface area (Å²) in [7, 11) is 0. The van der Waals surface area contributed by atoms with Crippen molar-refractivity contribution in [3.63, 3.8) is 0 Å². The second kappa shape index (κ2) is 11.4. The number of hydrogen-bond acceptors (Lipinski definition) is 3. The van der Waals surface area contributed by atoms with Crippen LogP contribution in [0.5, 0.6) is 0 Å². The normalized spacial score (nSPS) is 24.2. The first-order valence-electron chi connectivity index (χ1n) is 13.6. The molecule has 1 amide bonds. The number of anilines is 1. The van der Waals surface area contributed by atoms with Crippen LogP contribution in [0.4, 0.5) is 5.69 Å². The average Bonchev–Trinajstić information content (AvgIpc) is 3.09. The molecule has 2 saturated heterocycles. The molecule has 0 aliphatic carbocycles. The molecule has 2 aliphatic rings. The van der Waals surface area contributed by atoms with Crippen LogP contribution >= 0.6 is 0 Å². The van der Waals surface area contributed by atoms with Crippen molar-refractivity contribution in [2.45, 2.75) is 89.8 Å². The van der Waals surface area contributed by atoms with Crippen molar-refractivity contribution in [3.05, 3.63) is 65.7 Å². The molecule has 4 heteroatoms. The Balaban J connectivity index is 1.48. The van der Waals surface area contributed by atoms with Gasteiger partial charge in [0.25, 0.3) is 5.91 Å². The lowest BCUT2D eigenvalue weighted by atomic mass is 9.79. The first-order valence-corrected chi connectivity index (χ1v) is 13.6. The lowest BCUT2D eigenvalue weighted by molar-refractivity contribution is 0.0428. The van der Waals surface area contributed by atoms with Gasteiger partial charge in [-0.15, -0.1) is 0 Å². The zero-order valence-corrected chi connectivity index (χ0v) is 21.4. The van der Waals surface area contributed by atoms with Gasteiger partial charge in [0.2, 0.25) is 0 Å². The molecule has 4 rings (SSSR count). The summed E-state index contributed by atoms with van der Waals surface area (Å²) in [6.07, 6.45) is 10.2. The van der Waals surface area contributed by atoms with E-state index in [1.54, 1.807) is 0 Å². The van der Waals surface area contributed by atoms with Crippen LogP contribution in [0.2, 0.25) is 0 Å². The van der Waals surface area contributed by atoms with Crippen LogP contribution in [0.1, 0.15) is 88.1 Å². The van der Waals surface area contributed by atoms with Gasteiger partial charge >= 0.3 is 0 Å². The van der Waals surface area contributed by atoms with Crippen molar-refractivity contribution in [1.82, 2.24) is 9.80 Å². The Labute approximate surface area is 206 Å². The summed E-state index contributed by atoms with van der Waals surface area (Å²) in [5.41, 5.74) is 3.53. The molecule has 2 aliphatic heterocycles. The second-order valence-electron chi connectivity index (χ2n) is 10.2. The van der Waals surface area contributed by atoms with Crippen molar-refractivity contribution < 1.29 is 4.79 Å². The predicted octanol–water partition coefficient (Wildman–Crippen LogP) is 6.68. The first-order chi connectivity index (χ1) is 16.6. The molecule has 34 heavy (non-hydrogen) atoms. The smallest absolute Gasteiger partial charge is 0.253 e. The fraction of sp³-hybridized carbons (Fsp3) is 0.567. The van der Waals surface area contributed by atoms with Gasteiger partial charge in [0.05, 0.1) is 0 Å². The summed E-state index contributed by atoms with van der Waals surface area (Å²) in [6.45, 7) is 9.06. The van der Waals surface area contributed by atoms with Crippen molar-refractivity contribution in [1.29, 1.82) is 0 Å². The molecule has 0 saturated carbocycles. The fourth-order valence-corrected chi connectivity index (χ4v) is 6.37. The van der Waals surface area contributed by atoms with Crippen LogP contribution in [0.25, 0.3) is 0 Å². The summed E-state index contributed by atoms with van der Waals surface area (Å²) in [5.74, 6) is 0.119. The molecule has 0 spiro atoms. The Kier molecular flexibility index (Phi) is 8.31. The van der Waals surface area contributed by atoms with Gasteiger partial charge in [-0.25, -0.2) is 0 Å². The lowest BCUT2D eigenvalue weighted by Gasteiger charge is -2.48. The van der Waals surface area contributed by atoms with Crippen molar-refractivity contribution in [2.75, 3.05) is 25.0 Å². The third-order valence-electron chi connectivity index (χ3n) is 8.14. The monoisotopic (exact) mass is 461 g/mol. The zero-order valence-electron chi connectivity index (χ0n) is 21.4. The van der Waals surface area contributed by atoms with E-state index in [9.17, 15) is 4.79 Å². The van der Waals surface area contributed by atoms with Crippen LogP contribution in [0.3, 0.4) is 0 Å². The number of amides is 1. The highest BCUT2D eigenvalue weighted by Gasteiger charge is 2.52. The predicted molar refractivity (Wildman–Crippen MR) is 142 cm³/mol. The largest absolute Gasteiger partial charge is 0.382 e. The van der Waals surface area contributed by atoms with E-state index < -0.39 is 0 Å². The molecule has 3 unspecified atom stereocenters. The van der Waals surface area contributed by atoms with Crippen LogP contribution in [0.15, 0.2) is 54.6 Å². The van der Waals surface area contributed by atoms with Gasteiger partial charge in [0.1, 0.15) is 0 Å². The molecule has 1 N–H and O–H groups in total. The van der Waals surface area contributed by atoms with Crippen molar-refractivity contribution >= 4 is 11.6 Å². The van der Waals surface area contributed by atoms with Crippen LogP contribution in [-0.2, 0) is 5.54 Å². The number of carbonyl (C=O) groups excluding carboxylic acids is 1. The zero-order chi connectivity index (χ0) is 24.0. The number of hydrogen-bond donors (Lipinski definition) is 1. The minimum Gasteiger partial charge on any atom is -0.382 e. The van der Waals surface area contributed by atoms with E-state index >= 15 is 0 Å². The Bertz CT molecular complexity index is 908. The number of nitrogens with one attached hydrogen (secondary N) is 1. The highest BCUT2D eigenvalue weighted by atomic mass is 16.2. The number of carbonyl (C=O) groups is 1. The van der Waals surface area contributed by atoms with Gasteiger partial charge < -0.3 is 10.2 Å². The van der Waals surface area contributed by atoms with Crippen molar-refractivity contribution in [3.8, 4) is 0 Å². The van der Waals surface area contributed by atoms with E-state index in [-0.39, 0.29) is 11.4 Å². The number of piperidine rings is 1. The maximum Gasteiger partial charge on any atom is 0.253 e. The van der Waals surface area contributed by atoms with Crippen molar-refractivity contribution in [2.24, 2.45) is 0 Å². The minimum absolute atomic E-state index is 0.119. The third kappa shape index (κ3) is 5.17. The number of fused-ring (bicyclic) bond motifs is 2. The number of nitrogens with zero attached hydrogens (tertiary/aromatic N) is 2. The molecular weight excluding hydrogens is 418 g/mol. The lowest BCUT2D eigenvalue weighted by Crippen LogP contribution is -2.53. The molecule has 2 aromatic carbocycles. The third-order valence-corrected chi connectivity index (χ3v) is 8.14. The Morgan fingerprint density at radius 2 is 1.74 bits per heavy atom. The van der Waals surface area contributed by atoms with E-state index in [1.807, 2.05) is 30.9 Å². The first kappa shape index (κ1) is 24.8. The maximum atomic E-state index is 12.7.